The lowest BCUT2D eigenvalue weighted by Crippen LogP contribution is -2.09. The molecule has 0 bridgehead atoms. The van der Waals surface area contributed by atoms with Gasteiger partial charge in [-0.3, -0.25) is 0 Å². The highest BCUT2D eigenvalue weighted by Crippen LogP contribution is 2.26. The molecule has 0 aliphatic heterocycles. The number of alkyl halides is 2. The second-order valence-corrected chi connectivity index (χ2v) is 2.70. The lowest BCUT2D eigenvalue weighted by Gasteiger charge is -2.08. The van der Waals surface area contributed by atoms with Crippen molar-refractivity contribution in [2.24, 2.45) is 0 Å². The van der Waals surface area contributed by atoms with Crippen molar-refractivity contribution in [1.29, 1.82) is 0 Å². The van der Waals surface area contributed by atoms with Crippen LogP contribution in [0.25, 0.3) is 0 Å². The fourth-order valence-electron chi connectivity index (χ4n) is 1.05. The summed E-state index contributed by atoms with van der Waals surface area (Å²) in [6, 6.07) is 0.610. The van der Waals surface area contributed by atoms with Gasteiger partial charge < -0.3 is 9.47 Å². The van der Waals surface area contributed by atoms with Gasteiger partial charge in [-0.1, -0.05) is 0 Å². The fourth-order valence-corrected chi connectivity index (χ4v) is 1.05. The van der Waals surface area contributed by atoms with Gasteiger partial charge in [-0.15, -0.1) is 0 Å². The van der Waals surface area contributed by atoms with Crippen LogP contribution in [-0.4, -0.2) is 25.2 Å². The Hall–Kier alpha value is -1.79. The molecule has 1 aromatic heterocycles. The predicted octanol–water partition coefficient (Wildman–Crippen LogP) is 1.95. The summed E-state index contributed by atoms with van der Waals surface area (Å²) in [5.41, 5.74) is -1.41. The molecule has 0 amide bonds. The maximum absolute atomic E-state index is 13.1. The van der Waals surface area contributed by atoms with Crippen LogP contribution in [0.1, 0.15) is 22.5 Å². The van der Waals surface area contributed by atoms with E-state index in [1.165, 1.54) is 0 Å². The molecule has 1 aromatic rings. The predicted molar refractivity (Wildman–Crippen MR) is 47.0 cm³/mol. The van der Waals surface area contributed by atoms with Gasteiger partial charge in [-0.25, -0.2) is 22.9 Å². The summed E-state index contributed by atoms with van der Waals surface area (Å²) in [6.45, 7) is 0. The number of rotatable bonds is 3. The molecule has 0 fully saturated rings. The lowest BCUT2D eigenvalue weighted by atomic mass is 10.2. The molecule has 4 nitrogen and oxygen atoms in total. The van der Waals surface area contributed by atoms with Crippen molar-refractivity contribution < 1.29 is 27.4 Å². The molecule has 1 heterocycles. The van der Waals surface area contributed by atoms with Crippen molar-refractivity contribution in [3.63, 3.8) is 0 Å². The first-order valence-corrected chi connectivity index (χ1v) is 4.12. The number of methoxy groups -OCH3 is 2. The van der Waals surface area contributed by atoms with Crippen molar-refractivity contribution in [3.05, 3.63) is 23.1 Å². The molecule has 0 saturated carbocycles. The molecule has 0 N–H and O–H groups in total. The van der Waals surface area contributed by atoms with E-state index in [4.69, 9.17) is 0 Å². The number of pyridine rings is 1. The lowest BCUT2D eigenvalue weighted by molar-refractivity contribution is 0.0594. The van der Waals surface area contributed by atoms with Crippen LogP contribution in [0.15, 0.2) is 6.07 Å². The summed E-state index contributed by atoms with van der Waals surface area (Å²) >= 11 is 0. The summed E-state index contributed by atoms with van der Waals surface area (Å²) in [5, 5.41) is 0. The summed E-state index contributed by atoms with van der Waals surface area (Å²) in [6.07, 6.45) is -3.08. The second-order valence-electron chi connectivity index (χ2n) is 2.70. The third-order valence-electron chi connectivity index (χ3n) is 1.77. The van der Waals surface area contributed by atoms with Crippen molar-refractivity contribution in [3.8, 4) is 5.88 Å². The van der Waals surface area contributed by atoms with E-state index in [-0.39, 0.29) is 5.56 Å². The number of ether oxygens (including phenoxy) is 2. The van der Waals surface area contributed by atoms with Gasteiger partial charge in [0.1, 0.15) is 11.3 Å². The number of carbonyl (C=O) groups is 1. The van der Waals surface area contributed by atoms with Crippen molar-refractivity contribution in [2.45, 2.75) is 6.43 Å². The summed E-state index contributed by atoms with van der Waals surface area (Å²) in [5.74, 6) is -2.59. The first-order chi connectivity index (χ1) is 7.51. The van der Waals surface area contributed by atoms with E-state index in [1.54, 1.807) is 0 Å². The molecule has 0 saturated heterocycles. The van der Waals surface area contributed by atoms with Crippen molar-refractivity contribution in [1.82, 2.24) is 4.98 Å². The normalized spacial score (nSPS) is 10.4. The zero-order valence-electron chi connectivity index (χ0n) is 8.46. The zero-order valence-corrected chi connectivity index (χ0v) is 8.46. The van der Waals surface area contributed by atoms with Crippen molar-refractivity contribution in [2.75, 3.05) is 14.2 Å². The quantitative estimate of drug-likeness (QED) is 0.751. The molecular weight excluding hydrogens is 227 g/mol. The molecule has 1 rings (SSSR count). The number of nitrogens with zero attached hydrogens (tertiary/aromatic N) is 1. The minimum absolute atomic E-state index is 0.341. The van der Waals surface area contributed by atoms with Crippen LogP contribution in [0.5, 0.6) is 5.88 Å². The van der Waals surface area contributed by atoms with Gasteiger partial charge in [0.05, 0.1) is 14.2 Å². The maximum Gasteiger partial charge on any atom is 0.343 e. The Bertz CT molecular complexity index is 409. The Morgan fingerprint density at radius 3 is 2.50 bits per heavy atom. The van der Waals surface area contributed by atoms with Crippen LogP contribution >= 0.6 is 0 Å². The maximum atomic E-state index is 13.1. The zero-order chi connectivity index (χ0) is 12.3. The Kier molecular flexibility index (Phi) is 3.70. The Morgan fingerprint density at radius 2 is 2.06 bits per heavy atom. The molecule has 0 spiro atoms. The molecule has 7 heteroatoms. The van der Waals surface area contributed by atoms with Crippen LogP contribution in [0, 0.1) is 5.82 Å². The largest absolute Gasteiger partial charge is 0.480 e. The second kappa shape index (κ2) is 4.82. The summed E-state index contributed by atoms with van der Waals surface area (Å²) in [4.78, 5) is 14.3. The molecule has 0 aliphatic rings. The Morgan fingerprint density at radius 1 is 1.44 bits per heavy atom. The molecule has 0 aromatic carbocycles. The van der Waals surface area contributed by atoms with Crippen LogP contribution < -0.4 is 4.74 Å². The van der Waals surface area contributed by atoms with Gasteiger partial charge in [-0.05, 0) is 6.07 Å². The van der Waals surface area contributed by atoms with E-state index >= 15 is 0 Å². The highest BCUT2D eigenvalue weighted by molar-refractivity contribution is 5.91. The van der Waals surface area contributed by atoms with Crippen LogP contribution in [0.3, 0.4) is 0 Å². The number of halogens is 3. The van der Waals surface area contributed by atoms with Crippen LogP contribution in [0.2, 0.25) is 0 Å². The third-order valence-corrected chi connectivity index (χ3v) is 1.77. The Labute approximate surface area is 89.0 Å². The van der Waals surface area contributed by atoms with E-state index in [9.17, 15) is 18.0 Å². The van der Waals surface area contributed by atoms with Gasteiger partial charge in [-0.2, -0.15) is 0 Å². The monoisotopic (exact) mass is 235 g/mol. The molecular formula is C9H8F3NO3. The molecule has 0 unspecified atom stereocenters. The first kappa shape index (κ1) is 12.3. The van der Waals surface area contributed by atoms with E-state index in [1.807, 2.05) is 0 Å². The summed E-state index contributed by atoms with van der Waals surface area (Å²) in [7, 11) is 2.20. The highest BCUT2D eigenvalue weighted by atomic mass is 19.3. The molecule has 0 atom stereocenters. The Balaban J connectivity index is 3.32. The van der Waals surface area contributed by atoms with Crippen LogP contribution in [0.4, 0.5) is 13.2 Å². The number of hydrogen-bond donors (Lipinski definition) is 0. The average Bonchev–Trinajstić information content (AvgIpc) is 2.27. The first-order valence-electron chi connectivity index (χ1n) is 4.12. The number of hydrogen-bond acceptors (Lipinski definition) is 4. The molecule has 0 radical (unpaired) electrons. The van der Waals surface area contributed by atoms with Gasteiger partial charge in [0.25, 0.3) is 6.43 Å². The van der Waals surface area contributed by atoms with E-state index < -0.39 is 29.8 Å². The van der Waals surface area contributed by atoms with E-state index in [2.05, 4.69) is 14.5 Å². The smallest absolute Gasteiger partial charge is 0.343 e. The van der Waals surface area contributed by atoms with Gasteiger partial charge in [0, 0.05) is 0 Å². The molecule has 88 valence electrons. The topological polar surface area (TPSA) is 48.4 Å². The molecule has 0 aliphatic carbocycles. The van der Waals surface area contributed by atoms with E-state index in [0.717, 1.165) is 14.2 Å². The van der Waals surface area contributed by atoms with Crippen LogP contribution in [-0.2, 0) is 4.74 Å². The number of esters is 1. The highest BCUT2D eigenvalue weighted by Gasteiger charge is 2.23. The minimum atomic E-state index is -3.08. The van der Waals surface area contributed by atoms with Crippen molar-refractivity contribution >= 4 is 5.97 Å². The summed E-state index contributed by atoms with van der Waals surface area (Å²) < 4.78 is 46.6. The minimum Gasteiger partial charge on any atom is -0.480 e. The van der Waals surface area contributed by atoms with Gasteiger partial charge in [0.2, 0.25) is 5.88 Å². The average molecular weight is 235 g/mol. The van der Waals surface area contributed by atoms with Gasteiger partial charge >= 0.3 is 5.97 Å². The molecule has 16 heavy (non-hydrogen) atoms. The third kappa shape index (κ3) is 2.23. The fraction of sp³-hybridized carbons (Fsp3) is 0.333. The number of aromatic nitrogens is 1. The standard InChI is InChI=1S/C9H8F3NO3/c1-15-8-4(9(14)16-2)3-5(10)6(13-8)7(11)12/h3,7H,1-2H3. The van der Waals surface area contributed by atoms with E-state index in [0.29, 0.717) is 6.07 Å². The van der Waals surface area contributed by atoms with Gasteiger partial charge in [0.15, 0.2) is 5.82 Å². The SMILES string of the molecule is COC(=O)c1cc(F)c(C(F)F)nc1OC. The number of carbonyl (C=O) groups excluding carboxylic acids is 1.